The van der Waals surface area contributed by atoms with Crippen molar-refractivity contribution in [2.75, 3.05) is 33.4 Å². The Morgan fingerprint density at radius 2 is 1.84 bits per heavy atom. The fourth-order valence-corrected chi connectivity index (χ4v) is 3.72. The van der Waals surface area contributed by atoms with Crippen LogP contribution in [0, 0.1) is 0 Å². The molecular formula is C23H32N4O4. The molecule has 0 aliphatic carbocycles. The van der Waals surface area contributed by atoms with Gasteiger partial charge in [-0.1, -0.05) is 18.2 Å². The number of rotatable bonds is 6. The monoisotopic (exact) mass is 428 g/mol. The van der Waals surface area contributed by atoms with Crippen molar-refractivity contribution in [3.05, 3.63) is 47.8 Å². The number of piperidine rings is 1. The van der Waals surface area contributed by atoms with Gasteiger partial charge < -0.3 is 19.7 Å². The highest BCUT2D eigenvalue weighted by molar-refractivity contribution is 5.95. The molecule has 8 nitrogen and oxygen atoms in total. The summed E-state index contributed by atoms with van der Waals surface area (Å²) >= 11 is 0. The van der Waals surface area contributed by atoms with Crippen LogP contribution in [0.1, 0.15) is 55.6 Å². The van der Waals surface area contributed by atoms with E-state index < -0.39 is 5.60 Å². The average Bonchev–Trinajstić information content (AvgIpc) is 3.18. The zero-order valence-electron chi connectivity index (χ0n) is 18.8. The lowest BCUT2D eigenvalue weighted by Crippen LogP contribution is -2.41. The number of nitrogens with one attached hydrogen (secondary N) is 1. The standard InChI is InChI=1S/C23H32N4O4/c1-23(2,3)31-22(29)26-13-10-17(11-14-26)20-19(21(28)24-12-15-30-4)16-25-27(20)18-8-6-5-7-9-18/h5-9,16-17H,10-15H2,1-4H3,(H,24,28). The van der Waals surface area contributed by atoms with E-state index in [1.165, 1.54) is 0 Å². The normalized spacial score (nSPS) is 15.0. The molecule has 0 spiro atoms. The lowest BCUT2D eigenvalue weighted by atomic mass is 9.91. The average molecular weight is 429 g/mol. The summed E-state index contributed by atoms with van der Waals surface area (Å²) in [4.78, 5) is 27.0. The Kier molecular flexibility index (Phi) is 7.33. The molecule has 1 saturated heterocycles. The van der Waals surface area contributed by atoms with Crippen LogP contribution in [-0.2, 0) is 9.47 Å². The lowest BCUT2D eigenvalue weighted by Gasteiger charge is -2.34. The summed E-state index contributed by atoms with van der Waals surface area (Å²) in [5.74, 6) is -0.0617. The number of para-hydroxylation sites is 1. The number of hydrogen-bond donors (Lipinski definition) is 1. The first kappa shape index (κ1) is 22.8. The molecule has 2 heterocycles. The quantitative estimate of drug-likeness (QED) is 0.713. The molecule has 0 bridgehead atoms. The van der Waals surface area contributed by atoms with Gasteiger partial charge >= 0.3 is 6.09 Å². The Morgan fingerprint density at radius 3 is 2.45 bits per heavy atom. The highest BCUT2D eigenvalue weighted by atomic mass is 16.6. The molecule has 0 saturated carbocycles. The number of likely N-dealkylation sites (tertiary alicyclic amines) is 1. The van der Waals surface area contributed by atoms with Gasteiger partial charge in [-0.2, -0.15) is 5.10 Å². The Hall–Kier alpha value is -2.87. The molecule has 1 aromatic heterocycles. The number of benzene rings is 1. The van der Waals surface area contributed by atoms with E-state index in [9.17, 15) is 9.59 Å². The van der Waals surface area contributed by atoms with Gasteiger partial charge in [-0.3, -0.25) is 4.79 Å². The minimum Gasteiger partial charge on any atom is -0.444 e. The molecule has 1 aliphatic rings. The van der Waals surface area contributed by atoms with Gasteiger partial charge in [0.1, 0.15) is 5.60 Å². The van der Waals surface area contributed by atoms with Gasteiger partial charge in [0.05, 0.1) is 29.7 Å². The first-order chi connectivity index (χ1) is 14.8. The van der Waals surface area contributed by atoms with Gasteiger partial charge in [-0.05, 0) is 45.7 Å². The Balaban J connectivity index is 1.81. The van der Waals surface area contributed by atoms with E-state index in [4.69, 9.17) is 9.47 Å². The highest BCUT2D eigenvalue weighted by Gasteiger charge is 2.32. The second kappa shape index (κ2) is 9.96. The SMILES string of the molecule is COCCNC(=O)c1cnn(-c2ccccc2)c1C1CCN(C(=O)OC(C)(C)C)CC1. The van der Waals surface area contributed by atoms with Crippen molar-refractivity contribution in [1.82, 2.24) is 20.0 Å². The molecule has 3 rings (SSSR count). The van der Waals surface area contributed by atoms with Crippen LogP contribution in [-0.4, -0.2) is 65.6 Å². The maximum Gasteiger partial charge on any atom is 0.410 e. The Morgan fingerprint density at radius 1 is 1.16 bits per heavy atom. The maximum absolute atomic E-state index is 12.9. The van der Waals surface area contributed by atoms with Gasteiger partial charge in [-0.15, -0.1) is 0 Å². The first-order valence-electron chi connectivity index (χ1n) is 10.7. The fraction of sp³-hybridized carbons (Fsp3) is 0.522. The molecule has 1 N–H and O–H groups in total. The molecule has 2 aromatic rings. The number of carbonyl (C=O) groups excluding carboxylic acids is 2. The number of amides is 2. The van der Waals surface area contributed by atoms with Crippen LogP contribution in [0.5, 0.6) is 0 Å². The van der Waals surface area contributed by atoms with Gasteiger partial charge in [0.2, 0.25) is 0 Å². The van der Waals surface area contributed by atoms with Crippen LogP contribution in [0.3, 0.4) is 0 Å². The number of methoxy groups -OCH3 is 1. The van der Waals surface area contributed by atoms with Crippen molar-refractivity contribution < 1.29 is 19.1 Å². The van der Waals surface area contributed by atoms with Gasteiger partial charge in [0, 0.05) is 32.7 Å². The number of nitrogens with zero attached hydrogens (tertiary/aromatic N) is 3. The van der Waals surface area contributed by atoms with E-state index in [2.05, 4.69) is 10.4 Å². The summed E-state index contributed by atoms with van der Waals surface area (Å²) in [5.41, 5.74) is 1.83. The third kappa shape index (κ3) is 5.85. The largest absolute Gasteiger partial charge is 0.444 e. The van der Waals surface area contributed by atoms with E-state index in [1.54, 1.807) is 18.2 Å². The fourth-order valence-electron chi connectivity index (χ4n) is 3.72. The summed E-state index contributed by atoms with van der Waals surface area (Å²) in [5, 5.41) is 7.43. The number of carbonyl (C=O) groups is 2. The van der Waals surface area contributed by atoms with Gasteiger partial charge in [0.15, 0.2) is 0 Å². The van der Waals surface area contributed by atoms with Gasteiger partial charge in [0.25, 0.3) is 5.91 Å². The summed E-state index contributed by atoms with van der Waals surface area (Å²) in [6.45, 7) is 7.62. The van der Waals surface area contributed by atoms with Crippen LogP contribution >= 0.6 is 0 Å². The van der Waals surface area contributed by atoms with Crippen LogP contribution < -0.4 is 5.32 Å². The maximum atomic E-state index is 12.9. The summed E-state index contributed by atoms with van der Waals surface area (Å²) < 4.78 is 12.4. The third-order valence-corrected chi connectivity index (χ3v) is 5.18. The highest BCUT2D eigenvalue weighted by Crippen LogP contribution is 2.32. The second-order valence-corrected chi connectivity index (χ2v) is 8.68. The zero-order valence-corrected chi connectivity index (χ0v) is 18.8. The van der Waals surface area contributed by atoms with Crippen LogP contribution in [0.25, 0.3) is 5.69 Å². The molecule has 8 heteroatoms. The van der Waals surface area contributed by atoms with Crippen molar-refractivity contribution in [3.8, 4) is 5.69 Å². The minimum atomic E-state index is -0.521. The van der Waals surface area contributed by atoms with E-state index in [0.29, 0.717) is 31.8 Å². The lowest BCUT2D eigenvalue weighted by molar-refractivity contribution is 0.0203. The minimum absolute atomic E-state index is 0.101. The molecule has 1 fully saturated rings. The third-order valence-electron chi connectivity index (χ3n) is 5.18. The summed E-state index contributed by atoms with van der Waals surface area (Å²) in [7, 11) is 1.60. The van der Waals surface area contributed by atoms with E-state index in [0.717, 1.165) is 24.2 Å². The Labute approximate surface area is 183 Å². The number of hydrogen-bond acceptors (Lipinski definition) is 5. The molecule has 0 atom stereocenters. The summed E-state index contributed by atoms with van der Waals surface area (Å²) in [6.07, 6.45) is 2.80. The van der Waals surface area contributed by atoms with Crippen molar-refractivity contribution in [2.45, 2.75) is 45.1 Å². The smallest absolute Gasteiger partial charge is 0.410 e. The molecule has 0 radical (unpaired) electrons. The zero-order chi connectivity index (χ0) is 22.4. The van der Waals surface area contributed by atoms with Crippen molar-refractivity contribution in [3.63, 3.8) is 0 Å². The van der Waals surface area contributed by atoms with Crippen molar-refractivity contribution in [1.29, 1.82) is 0 Å². The summed E-state index contributed by atoms with van der Waals surface area (Å²) in [6, 6.07) is 9.79. The van der Waals surface area contributed by atoms with Crippen LogP contribution in [0.15, 0.2) is 36.5 Å². The molecule has 1 aliphatic heterocycles. The van der Waals surface area contributed by atoms with Crippen molar-refractivity contribution in [2.24, 2.45) is 0 Å². The molecule has 0 unspecified atom stereocenters. The van der Waals surface area contributed by atoms with Crippen molar-refractivity contribution >= 4 is 12.0 Å². The Bertz CT molecular complexity index is 881. The predicted molar refractivity (Wildman–Crippen MR) is 118 cm³/mol. The first-order valence-corrected chi connectivity index (χ1v) is 10.7. The predicted octanol–water partition coefficient (Wildman–Crippen LogP) is 3.36. The van der Waals surface area contributed by atoms with E-state index in [-0.39, 0.29) is 17.9 Å². The van der Waals surface area contributed by atoms with E-state index in [1.807, 2.05) is 55.8 Å². The number of aromatic nitrogens is 2. The van der Waals surface area contributed by atoms with Crippen LogP contribution in [0.2, 0.25) is 0 Å². The molecule has 1 aromatic carbocycles. The topological polar surface area (TPSA) is 85.7 Å². The molecule has 31 heavy (non-hydrogen) atoms. The van der Waals surface area contributed by atoms with Crippen LogP contribution in [0.4, 0.5) is 4.79 Å². The van der Waals surface area contributed by atoms with E-state index >= 15 is 0 Å². The molecular weight excluding hydrogens is 396 g/mol. The molecule has 2 amide bonds. The molecule has 168 valence electrons. The number of ether oxygens (including phenoxy) is 2. The van der Waals surface area contributed by atoms with Gasteiger partial charge in [-0.25, -0.2) is 9.48 Å². The second-order valence-electron chi connectivity index (χ2n) is 8.68.